The quantitative estimate of drug-likeness (QED) is 0.573. The van der Waals surface area contributed by atoms with Crippen molar-refractivity contribution in [3.63, 3.8) is 0 Å². The van der Waals surface area contributed by atoms with Gasteiger partial charge in [0.2, 0.25) is 0 Å². The predicted molar refractivity (Wildman–Crippen MR) is 66.0 cm³/mol. The van der Waals surface area contributed by atoms with E-state index < -0.39 is 0 Å². The predicted octanol–water partition coefficient (Wildman–Crippen LogP) is 3.07. The number of carbonyl (C=O) groups excluding carboxylic acids is 1. The van der Waals surface area contributed by atoms with Gasteiger partial charge in [-0.3, -0.25) is 0 Å². The fraction of sp³-hybridized carbons (Fsp3) is 0.357. The largest absolute Gasteiger partial charge is 0.466 e. The molecule has 0 spiro atoms. The van der Waals surface area contributed by atoms with Crippen LogP contribution in [-0.4, -0.2) is 13.1 Å². The van der Waals surface area contributed by atoms with Crippen LogP contribution in [0.25, 0.3) is 6.08 Å². The molecule has 1 rings (SSSR count). The first kappa shape index (κ1) is 12.5. The van der Waals surface area contributed by atoms with Gasteiger partial charge in [0, 0.05) is 6.08 Å². The molecule has 16 heavy (non-hydrogen) atoms. The lowest BCUT2D eigenvalue weighted by Crippen LogP contribution is -1.95. The molecule has 0 amide bonds. The number of ether oxygens (including phenoxy) is 1. The van der Waals surface area contributed by atoms with Crippen LogP contribution in [0.2, 0.25) is 0 Å². The summed E-state index contributed by atoms with van der Waals surface area (Å²) in [5, 5.41) is 0. The van der Waals surface area contributed by atoms with E-state index in [-0.39, 0.29) is 5.97 Å². The topological polar surface area (TPSA) is 26.3 Å². The fourth-order valence-electron chi connectivity index (χ4n) is 1.53. The van der Waals surface area contributed by atoms with Crippen LogP contribution >= 0.6 is 0 Å². The minimum Gasteiger partial charge on any atom is -0.466 e. The lowest BCUT2D eigenvalue weighted by molar-refractivity contribution is -0.134. The van der Waals surface area contributed by atoms with Crippen molar-refractivity contribution in [3.05, 3.63) is 41.5 Å². The molecule has 0 atom stereocenters. The van der Waals surface area contributed by atoms with Gasteiger partial charge in [-0.1, -0.05) is 38.1 Å². The van der Waals surface area contributed by atoms with E-state index in [1.54, 1.807) is 6.08 Å². The van der Waals surface area contributed by atoms with Gasteiger partial charge in [0.05, 0.1) is 7.11 Å². The molecule has 0 radical (unpaired) electrons. The maximum absolute atomic E-state index is 10.9. The number of rotatable bonds is 4. The molecule has 2 heteroatoms. The van der Waals surface area contributed by atoms with E-state index in [4.69, 9.17) is 0 Å². The average Bonchev–Trinajstić information content (AvgIpc) is 2.25. The van der Waals surface area contributed by atoms with Crippen LogP contribution in [-0.2, 0) is 16.0 Å². The van der Waals surface area contributed by atoms with Crippen LogP contribution in [0.3, 0.4) is 0 Å². The Kier molecular flexibility index (Phi) is 4.77. The highest BCUT2D eigenvalue weighted by Gasteiger charge is 1.98. The third kappa shape index (κ3) is 4.30. The molecule has 0 N–H and O–H groups in total. The first-order valence-electron chi connectivity index (χ1n) is 5.47. The number of hydrogen-bond donors (Lipinski definition) is 0. The second-order valence-corrected chi connectivity index (χ2v) is 4.20. The summed E-state index contributed by atoms with van der Waals surface area (Å²) in [7, 11) is 1.38. The van der Waals surface area contributed by atoms with Gasteiger partial charge in [-0.25, -0.2) is 4.79 Å². The molecule has 0 saturated heterocycles. The average molecular weight is 218 g/mol. The molecule has 0 aliphatic rings. The van der Waals surface area contributed by atoms with Gasteiger partial charge in [-0.15, -0.1) is 0 Å². The second-order valence-electron chi connectivity index (χ2n) is 4.20. The van der Waals surface area contributed by atoms with Gasteiger partial charge >= 0.3 is 5.97 Å². The molecule has 1 aromatic rings. The second kappa shape index (κ2) is 6.11. The third-order valence-corrected chi connectivity index (χ3v) is 2.21. The standard InChI is InChI=1S/C14H18O2/c1-11(2)9-13-6-4-5-12(10-13)7-8-14(15)16-3/h4-8,10-11H,9H2,1-3H3. The number of carbonyl (C=O) groups is 1. The van der Waals surface area contributed by atoms with Gasteiger partial charge in [0.15, 0.2) is 0 Å². The smallest absolute Gasteiger partial charge is 0.330 e. The zero-order valence-corrected chi connectivity index (χ0v) is 10.1. The number of esters is 1. The Bertz CT molecular complexity index is 378. The lowest BCUT2D eigenvalue weighted by Gasteiger charge is -2.05. The maximum atomic E-state index is 10.9. The Hall–Kier alpha value is -1.57. The van der Waals surface area contributed by atoms with E-state index in [9.17, 15) is 4.79 Å². The molecule has 0 unspecified atom stereocenters. The molecule has 2 nitrogen and oxygen atoms in total. The highest BCUT2D eigenvalue weighted by molar-refractivity contribution is 5.86. The van der Waals surface area contributed by atoms with Crippen molar-refractivity contribution >= 4 is 12.0 Å². The summed E-state index contributed by atoms with van der Waals surface area (Å²) in [6.45, 7) is 4.38. The van der Waals surface area contributed by atoms with E-state index in [1.807, 2.05) is 12.1 Å². The van der Waals surface area contributed by atoms with Crippen molar-refractivity contribution in [3.8, 4) is 0 Å². The zero-order chi connectivity index (χ0) is 12.0. The summed E-state index contributed by atoms with van der Waals surface area (Å²) in [4.78, 5) is 10.9. The van der Waals surface area contributed by atoms with Crippen LogP contribution in [0, 0.1) is 5.92 Å². The highest BCUT2D eigenvalue weighted by Crippen LogP contribution is 2.11. The van der Waals surface area contributed by atoms with Crippen LogP contribution in [0.4, 0.5) is 0 Å². The Morgan fingerprint density at radius 1 is 1.44 bits per heavy atom. The summed E-state index contributed by atoms with van der Waals surface area (Å²) in [5.41, 5.74) is 2.32. The van der Waals surface area contributed by atoms with Crippen LogP contribution in [0.5, 0.6) is 0 Å². The van der Waals surface area contributed by atoms with E-state index in [1.165, 1.54) is 18.7 Å². The van der Waals surface area contributed by atoms with Crippen molar-refractivity contribution in [1.82, 2.24) is 0 Å². The first-order chi connectivity index (χ1) is 7.61. The summed E-state index contributed by atoms with van der Waals surface area (Å²) in [6.07, 6.45) is 4.27. The first-order valence-corrected chi connectivity index (χ1v) is 5.47. The number of benzene rings is 1. The molecule has 0 bridgehead atoms. The van der Waals surface area contributed by atoms with E-state index in [2.05, 4.69) is 30.7 Å². The lowest BCUT2D eigenvalue weighted by atomic mass is 10.0. The maximum Gasteiger partial charge on any atom is 0.330 e. The third-order valence-electron chi connectivity index (χ3n) is 2.21. The van der Waals surface area contributed by atoms with Crippen LogP contribution < -0.4 is 0 Å². The van der Waals surface area contributed by atoms with Gasteiger partial charge in [0.1, 0.15) is 0 Å². The van der Waals surface area contributed by atoms with E-state index in [0.717, 1.165) is 12.0 Å². The molecule has 0 aromatic heterocycles. The summed E-state index contributed by atoms with van der Waals surface area (Å²) < 4.78 is 4.54. The van der Waals surface area contributed by atoms with Crippen molar-refractivity contribution in [2.75, 3.05) is 7.11 Å². The monoisotopic (exact) mass is 218 g/mol. The Labute approximate surface area is 96.9 Å². The SMILES string of the molecule is COC(=O)C=Cc1cccc(CC(C)C)c1. The van der Waals surface area contributed by atoms with Gasteiger partial charge in [-0.2, -0.15) is 0 Å². The van der Waals surface area contributed by atoms with E-state index in [0.29, 0.717) is 5.92 Å². The van der Waals surface area contributed by atoms with Gasteiger partial charge in [-0.05, 0) is 29.5 Å². The van der Waals surface area contributed by atoms with Gasteiger partial charge in [0.25, 0.3) is 0 Å². The highest BCUT2D eigenvalue weighted by atomic mass is 16.5. The van der Waals surface area contributed by atoms with Crippen molar-refractivity contribution in [2.45, 2.75) is 20.3 Å². The zero-order valence-electron chi connectivity index (χ0n) is 10.1. The molecular formula is C14H18O2. The summed E-state index contributed by atoms with van der Waals surface area (Å²) >= 11 is 0. The minimum absolute atomic E-state index is 0.325. The fourth-order valence-corrected chi connectivity index (χ4v) is 1.53. The normalized spacial score (nSPS) is 11.0. The van der Waals surface area contributed by atoms with Crippen molar-refractivity contribution in [1.29, 1.82) is 0 Å². The Morgan fingerprint density at radius 3 is 2.81 bits per heavy atom. The van der Waals surface area contributed by atoms with Crippen molar-refractivity contribution < 1.29 is 9.53 Å². The number of methoxy groups -OCH3 is 1. The molecule has 1 aromatic carbocycles. The molecule has 0 fully saturated rings. The molecule has 0 saturated carbocycles. The summed E-state index contributed by atoms with van der Waals surface area (Å²) in [6, 6.07) is 8.19. The minimum atomic E-state index is -0.325. The van der Waals surface area contributed by atoms with Gasteiger partial charge < -0.3 is 4.74 Å². The Balaban J connectivity index is 2.74. The van der Waals surface area contributed by atoms with E-state index >= 15 is 0 Å². The molecular weight excluding hydrogens is 200 g/mol. The molecule has 0 heterocycles. The van der Waals surface area contributed by atoms with Crippen LogP contribution in [0.15, 0.2) is 30.3 Å². The molecule has 0 aliphatic carbocycles. The molecule has 86 valence electrons. The summed E-state index contributed by atoms with van der Waals surface area (Å²) in [5.74, 6) is 0.314. The number of hydrogen-bond acceptors (Lipinski definition) is 2. The Morgan fingerprint density at radius 2 is 2.19 bits per heavy atom. The molecule has 0 aliphatic heterocycles. The van der Waals surface area contributed by atoms with Crippen molar-refractivity contribution in [2.24, 2.45) is 5.92 Å². The van der Waals surface area contributed by atoms with Crippen LogP contribution in [0.1, 0.15) is 25.0 Å².